The van der Waals surface area contributed by atoms with Crippen LogP contribution in [0.3, 0.4) is 0 Å². The van der Waals surface area contributed by atoms with Gasteiger partial charge in [0.1, 0.15) is 0 Å². The van der Waals surface area contributed by atoms with Gasteiger partial charge in [0.15, 0.2) is 17.3 Å². The number of H-pyrrole nitrogens is 1. The first-order valence-electron chi connectivity index (χ1n) is 7.08. The number of nitrogens with one attached hydrogen (secondary N) is 1. The molecule has 0 spiro atoms. The van der Waals surface area contributed by atoms with Gasteiger partial charge in [-0.25, -0.2) is 5.10 Å². The Labute approximate surface area is 150 Å². The first-order chi connectivity index (χ1) is 11.7. The number of fused-ring (bicyclic) bond motifs is 1. The molecule has 2 aromatic carbocycles. The van der Waals surface area contributed by atoms with Crippen LogP contribution in [0, 0.1) is 4.77 Å². The van der Waals surface area contributed by atoms with Crippen molar-refractivity contribution in [1.29, 1.82) is 0 Å². The number of aromatic amines is 1. The van der Waals surface area contributed by atoms with Crippen LogP contribution in [0.2, 0.25) is 0 Å². The average Bonchev–Trinajstić information content (AvgIpc) is 3.20. The van der Waals surface area contributed by atoms with Gasteiger partial charge in [-0.3, -0.25) is 0 Å². The zero-order chi connectivity index (χ0) is 16.5. The van der Waals surface area contributed by atoms with Crippen LogP contribution in [0.25, 0.3) is 11.4 Å². The van der Waals surface area contributed by atoms with Gasteiger partial charge in [0, 0.05) is 10.0 Å². The normalized spacial score (nSPS) is 12.9. The minimum absolute atomic E-state index is 0.246. The molecule has 0 amide bonds. The molecule has 0 aliphatic carbocycles. The number of aromatic nitrogens is 3. The minimum Gasteiger partial charge on any atom is -0.454 e. The fourth-order valence-electron chi connectivity index (χ4n) is 2.30. The van der Waals surface area contributed by atoms with Crippen LogP contribution in [0.5, 0.6) is 11.5 Å². The molecule has 0 atom stereocenters. The minimum atomic E-state index is 0.246. The molecule has 120 valence electrons. The molecule has 0 saturated heterocycles. The summed E-state index contributed by atoms with van der Waals surface area (Å²) in [6, 6.07) is 13.4. The number of nitrogens with zero attached hydrogens (tertiary/aromatic N) is 3. The highest BCUT2D eigenvalue weighted by Crippen LogP contribution is 2.32. The van der Waals surface area contributed by atoms with Gasteiger partial charge in [0.2, 0.25) is 11.6 Å². The molecule has 24 heavy (non-hydrogen) atoms. The summed E-state index contributed by atoms with van der Waals surface area (Å²) in [4.78, 5) is 0. The van der Waals surface area contributed by atoms with E-state index in [2.05, 4.69) is 31.2 Å². The van der Waals surface area contributed by atoms with E-state index in [-0.39, 0.29) is 6.79 Å². The maximum atomic E-state index is 5.37. The molecule has 1 aromatic heterocycles. The van der Waals surface area contributed by atoms with Crippen LogP contribution in [-0.2, 0) is 0 Å². The van der Waals surface area contributed by atoms with Crippen LogP contribution < -0.4 is 9.47 Å². The van der Waals surface area contributed by atoms with Gasteiger partial charge >= 0.3 is 0 Å². The second kappa shape index (κ2) is 6.21. The van der Waals surface area contributed by atoms with Crippen LogP contribution in [0.4, 0.5) is 0 Å². The van der Waals surface area contributed by atoms with Crippen molar-refractivity contribution in [2.75, 3.05) is 6.79 Å². The third kappa shape index (κ3) is 2.85. The highest BCUT2D eigenvalue weighted by atomic mass is 79.9. The second-order valence-electron chi connectivity index (χ2n) is 5.03. The molecular weight excluding hydrogens is 392 g/mol. The SMILES string of the molecule is S=c1[nH]nc(-c2ccc(Br)cc2)n1/N=C/c1ccc2c(c1)OCO2. The van der Waals surface area contributed by atoms with Gasteiger partial charge in [-0.15, -0.1) is 0 Å². The van der Waals surface area contributed by atoms with Crippen molar-refractivity contribution in [2.24, 2.45) is 5.10 Å². The summed E-state index contributed by atoms with van der Waals surface area (Å²) < 4.78 is 13.7. The molecule has 1 aliphatic heterocycles. The number of hydrogen-bond acceptors (Lipinski definition) is 5. The van der Waals surface area contributed by atoms with Gasteiger partial charge in [-0.1, -0.05) is 28.1 Å². The molecule has 0 unspecified atom stereocenters. The lowest BCUT2D eigenvalue weighted by molar-refractivity contribution is 0.174. The van der Waals surface area contributed by atoms with E-state index in [4.69, 9.17) is 21.7 Å². The summed E-state index contributed by atoms with van der Waals surface area (Å²) in [7, 11) is 0. The van der Waals surface area contributed by atoms with Crippen molar-refractivity contribution in [3.63, 3.8) is 0 Å². The third-order valence-electron chi connectivity index (χ3n) is 3.47. The molecule has 0 fully saturated rings. The fourth-order valence-corrected chi connectivity index (χ4v) is 2.75. The molecule has 0 bridgehead atoms. The van der Waals surface area contributed by atoms with Crippen molar-refractivity contribution < 1.29 is 9.47 Å². The van der Waals surface area contributed by atoms with Crippen molar-refractivity contribution in [1.82, 2.24) is 14.9 Å². The van der Waals surface area contributed by atoms with E-state index in [0.29, 0.717) is 16.3 Å². The van der Waals surface area contributed by atoms with Gasteiger partial charge in [0.05, 0.1) is 6.21 Å². The van der Waals surface area contributed by atoms with E-state index in [1.165, 1.54) is 0 Å². The second-order valence-corrected chi connectivity index (χ2v) is 6.33. The van der Waals surface area contributed by atoms with Gasteiger partial charge in [-0.05, 0) is 48.1 Å². The Morgan fingerprint density at radius 1 is 1.17 bits per heavy atom. The first kappa shape index (κ1) is 15.1. The molecular formula is C16H11BrN4O2S. The van der Waals surface area contributed by atoms with E-state index in [0.717, 1.165) is 21.3 Å². The molecule has 3 aromatic rings. The lowest BCUT2D eigenvalue weighted by atomic mass is 10.2. The Kier molecular flexibility index (Phi) is 3.91. The Bertz CT molecular complexity index is 978. The summed E-state index contributed by atoms with van der Waals surface area (Å²) in [6.45, 7) is 0.246. The topological polar surface area (TPSA) is 64.4 Å². The summed E-state index contributed by atoms with van der Waals surface area (Å²) >= 11 is 8.69. The summed E-state index contributed by atoms with van der Waals surface area (Å²) in [5, 5.41) is 11.5. The Balaban J connectivity index is 1.68. The first-order valence-corrected chi connectivity index (χ1v) is 8.28. The van der Waals surface area contributed by atoms with Gasteiger partial charge in [0.25, 0.3) is 0 Å². The van der Waals surface area contributed by atoms with Gasteiger partial charge < -0.3 is 9.47 Å². The van der Waals surface area contributed by atoms with Crippen molar-refractivity contribution >= 4 is 34.4 Å². The maximum Gasteiger partial charge on any atom is 0.231 e. The lowest BCUT2D eigenvalue weighted by Gasteiger charge is -2.01. The number of halogens is 1. The molecule has 2 heterocycles. The zero-order valence-electron chi connectivity index (χ0n) is 12.3. The van der Waals surface area contributed by atoms with E-state index in [1.807, 2.05) is 42.5 Å². The molecule has 4 rings (SSSR count). The Hall–Kier alpha value is -2.45. The molecule has 6 nitrogen and oxygen atoms in total. The van der Waals surface area contributed by atoms with E-state index in [9.17, 15) is 0 Å². The van der Waals surface area contributed by atoms with Crippen LogP contribution in [0.1, 0.15) is 5.56 Å². The summed E-state index contributed by atoms with van der Waals surface area (Å²) in [6.07, 6.45) is 1.70. The van der Waals surface area contributed by atoms with Crippen molar-refractivity contribution in [2.45, 2.75) is 0 Å². The quantitative estimate of drug-likeness (QED) is 0.531. The average molecular weight is 403 g/mol. The monoisotopic (exact) mass is 402 g/mol. The summed E-state index contributed by atoms with van der Waals surface area (Å²) in [5.74, 6) is 2.09. The third-order valence-corrected chi connectivity index (χ3v) is 4.26. The zero-order valence-corrected chi connectivity index (χ0v) is 14.7. The molecule has 8 heteroatoms. The summed E-state index contributed by atoms with van der Waals surface area (Å²) in [5.41, 5.74) is 1.79. The Morgan fingerprint density at radius 3 is 2.79 bits per heavy atom. The highest BCUT2D eigenvalue weighted by Gasteiger charge is 2.13. The standard InChI is InChI=1S/C16H11BrN4O2S/c17-12-4-2-11(3-5-12)15-19-20-16(24)21(15)18-8-10-1-6-13-14(7-10)23-9-22-13/h1-8H,9H2,(H,20,24)/b18-8+. The van der Waals surface area contributed by atoms with Crippen LogP contribution in [0.15, 0.2) is 52.0 Å². The maximum absolute atomic E-state index is 5.37. The van der Waals surface area contributed by atoms with E-state index < -0.39 is 0 Å². The smallest absolute Gasteiger partial charge is 0.231 e. The van der Waals surface area contributed by atoms with E-state index in [1.54, 1.807) is 10.9 Å². The fraction of sp³-hybridized carbons (Fsp3) is 0.0625. The molecule has 1 N–H and O–H groups in total. The van der Waals surface area contributed by atoms with E-state index >= 15 is 0 Å². The molecule has 0 radical (unpaired) electrons. The van der Waals surface area contributed by atoms with Crippen LogP contribution >= 0.6 is 28.1 Å². The molecule has 0 saturated carbocycles. The lowest BCUT2D eigenvalue weighted by Crippen LogP contribution is -1.95. The van der Waals surface area contributed by atoms with Crippen molar-refractivity contribution in [3.05, 3.63) is 57.3 Å². The van der Waals surface area contributed by atoms with Crippen LogP contribution in [-0.4, -0.2) is 27.9 Å². The number of ether oxygens (including phenoxy) is 2. The largest absolute Gasteiger partial charge is 0.454 e. The van der Waals surface area contributed by atoms with Gasteiger partial charge in [-0.2, -0.15) is 14.9 Å². The molecule has 1 aliphatic rings. The predicted molar refractivity (Wildman–Crippen MR) is 96.1 cm³/mol. The number of benzene rings is 2. The Morgan fingerprint density at radius 2 is 1.96 bits per heavy atom. The van der Waals surface area contributed by atoms with Crippen molar-refractivity contribution in [3.8, 4) is 22.9 Å². The number of hydrogen-bond donors (Lipinski definition) is 1. The highest BCUT2D eigenvalue weighted by molar-refractivity contribution is 9.10. The number of rotatable bonds is 3. The predicted octanol–water partition coefficient (Wildman–Crippen LogP) is 3.98.